The van der Waals surface area contributed by atoms with Crippen LogP contribution in [0.3, 0.4) is 0 Å². The first kappa shape index (κ1) is 21.5. The SMILES string of the molecule is O=C(Nc1cc(S(=O)(=O)N2CCOCC2)ccc1NC[C@@H]1CCCO1)C1CCCC1. The van der Waals surface area contributed by atoms with Gasteiger partial charge in [-0.3, -0.25) is 4.79 Å². The highest BCUT2D eigenvalue weighted by molar-refractivity contribution is 7.89. The van der Waals surface area contributed by atoms with E-state index in [1.807, 2.05) is 0 Å². The van der Waals surface area contributed by atoms with E-state index in [0.717, 1.165) is 50.8 Å². The van der Waals surface area contributed by atoms with Gasteiger partial charge in [0.15, 0.2) is 0 Å². The van der Waals surface area contributed by atoms with Crippen LogP contribution in [0.15, 0.2) is 23.1 Å². The minimum Gasteiger partial charge on any atom is -0.381 e. The second-order valence-corrected chi connectivity index (χ2v) is 10.1. The molecule has 30 heavy (non-hydrogen) atoms. The summed E-state index contributed by atoms with van der Waals surface area (Å²) in [7, 11) is -3.64. The average Bonchev–Trinajstić information content (AvgIpc) is 3.47. The van der Waals surface area contributed by atoms with Gasteiger partial charge in [0.25, 0.3) is 0 Å². The highest BCUT2D eigenvalue weighted by Crippen LogP contribution is 2.31. The van der Waals surface area contributed by atoms with Crippen LogP contribution in [0.1, 0.15) is 38.5 Å². The third-order valence-corrected chi connectivity index (χ3v) is 8.02. The van der Waals surface area contributed by atoms with Gasteiger partial charge in [-0.25, -0.2) is 8.42 Å². The first-order valence-electron chi connectivity index (χ1n) is 10.9. The van der Waals surface area contributed by atoms with E-state index in [4.69, 9.17) is 9.47 Å². The molecule has 3 aliphatic rings. The van der Waals surface area contributed by atoms with Gasteiger partial charge in [-0.1, -0.05) is 12.8 Å². The van der Waals surface area contributed by atoms with Gasteiger partial charge in [-0.15, -0.1) is 0 Å². The van der Waals surface area contributed by atoms with Crippen LogP contribution in [0.4, 0.5) is 11.4 Å². The number of morpholine rings is 1. The summed E-state index contributed by atoms with van der Waals surface area (Å²) in [4.78, 5) is 12.9. The topological polar surface area (TPSA) is 97.0 Å². The molecular formula is C21H31N3O5S. The molecule has 166 valence electrons. The number of benzene rings is 1. The average molecular weight is 438 g/mol. The number of ether oxygens (including phenoxy) is 2. The van der Waals surface area contributed by atoms with Crippen LogP contribution in [0.5, 0.6) is 0 Å². The van der Waals surface area contributed by atoms with Crippen molar-refractivity contribution in [2.45, 2.75) is 49.5 Å². The zero-order valence-corrected chi connectivity index (χ0v) is 18.1. The number of anilines is 2. The van der Waals surface area contributed by atoms with Gasteiger partial charge < -0.3 is 20.1 Å². The summed E-state index contributed by atoms with van der Waals surface area (Å²) in [5.74, 6) is -0.0379. The molecule has 1 aromatic rings. The lowest BCUT2D eigenvalue weighted by Gasteiger charge is -2.26. The Labute approximate surface area is 178 Å². The van der Waals surface area contributed by atoms with E-state index in [1.54, 1.807) is 18.2 Å². The van der Waals surface area contributed by atoms with Crippen molar-refractivity contribution in [3.8, 4) is 0 Å². The smallest absolute Gasteiger partial charge is 0.243 e. The van der Waals surface area contributed by atoms with E-state index in [1.165, 1.54) is 4.31 Å². The molecule has 1 atom stereocenters. The Morgan fingerprint density at radius 2 is 1.80 bits per heavy atom. The molecule has 0 radical (unpaired) electrons. The predicted octanol–water partition coefficient (Wildman–Crippen LogP) is 2.43. The predicted molar refractivity (Wildman–Crippen MR) is 114 cm³/mol. The summed E-state index contributed by atoms with van der Waals surface area (Å²) < 4.78 is 38.5. The van der Waals surface area contributed by atoms with Crippen LogP contribution >= 0.6 is 0 Å². The molecule has 1 aromatic carbocycles. The Kier molecular flexibility index (Phi) is 6.92. The van der Waals surface area contributed by atoms with E-state index in [9.17, 15) is 13.2 Å². The van der Waals surface area contributed by atoms with E-state index in [2.05, 4.69) is 10.6 Å². The van der Waals surface area contributed by atoms with Crippen LogP contribution < -0.4 is 10.6 Å². The summed E-state index contributed by atoms with van der Waals surface area (Å²) in [6.07, 6.45) is 6.09. The first-order valence-corrected chi connectivity index (χ1v) is 12.4. The molecule has 2 N–H and O–H groups in total. The van der Waals surface area contributed by atoms with Crippen molar-refractivity contribution in [1.82, 2.24) is 4.31 Å². The lowest BCUT2D eigenvalue weighted by molar-refractivity contribution is -0.119. The van der Waals surface area contributed by atoms with Crippen LogP contribution in [-0.2, 0) is 24.3 Å². The fraction of sp³-hybridized carbons (Fsp3) is 0.667. The van der Waals surface area contributed by atoms with Gasteiger partial charge in [-0.05, 0) is 43.9 Å². The van der Waals surface area contributed by atoms with Crippen molar-refractivity contribution in [2.24, 2.45) is 5.92 Å². The highest BCUT2D eigenvalue weighted by atomic mass is 32.2. The minimum atomic E-state index is -3.64. The molecule has 1 amide bonds. The largest absolute Gasteiger partial charge is 0.381 e. The second-order valence-electron chi connectivity index (χ2n) is 8.21. The van der Waals surface area contributed by atoms with Crippen molar-refractivity contribution in [3.63, 3.8) is 0 Å². The van der Waals surface area contributed by atoms with Gasteiger partial charge in [0.05, 0.1) is 35.6 Å². The number of nitrogens with one attached hydrogen (secondary N) is 2. The summed E-state index contributed by atoms with van der Waals surface area (Å²) in [6.45, 7) is 2.86. The standard InChI is InChI=1S/C21H31N3O5S/c25-21(16-4-1-2-5-16)23-20-14-18(30(26,27)24-9-12-28-13-10-24)7-8-19(20)22-15-17-6-3-11-29-17/h7-8,14,16-17,22H,1-6,9-13,15H2,(H,23,25)/t17-/m0/s1. The second kappa shape index (κ2) is 9.64. The normalized spacial score (nSPS) is 23.5. The Bertz CT molecular complexity index is 842. The molecule has 2 aliphatic heterocycles. The third kappa shape index (κ3) is 4.96. The monoisotopic (exact) mass is 437 g/mol. The number of hydrogen-bond acceptors (Lipinski definition) is 6. The van der Waals surface area contributed by atoms with Gasteiger partial charge in [0, 0.05) is 32.2 Å². The molecule has 2 heterocycles. The summed E-state index contributed by atoms with van der Waals surface area (Å²) in [5, 5.41) is 6.33. The maximum Gasteiger partial charge on any atom is 0.243 e. The number of hydrogen-bond donors (Lipinski definition) is 2. The molecule has 9 heteroatoms. The number of carbonyl (C=O) groups excluding carboxylic acids is 1. The molecule has 3 fully saturated rings. The maximum atomic E-state index is 13.1. The van der Waals surface area contributed by atoms with Gasteiger partial charge in [0.1, 0.15) is 0 Å². The fourth-order valence-corrected chi connectivity index (χ4v) is 5.76. The summed E-state index contributed by atoms with van der Waals surface area (Å²) >= 11 is 0. The molecule has 2 saturated heterocycles. The minimum absolute atomic E-state index is 0.00415. The van der Waals surface area contributed by atoms with Crippen LogP contribution in [0, 0.1) is 5.92 Å². The molecule has 0 bridgehead atoms. The zero-order valence-electron chi connectivity index (χ0n) is 17.3. The molecule has 4 rings (SSSR count). The summed E-state index contributed by atoms with van der Waals surface area (Å²) in [5.41, 5.74) is 1.23. The molecule has 8 nitrogen and oxygen atoms in total. The molecule has 0 unspecified atom stereocenters. The highest BCUT2D eigenvalue weighted by Gasteiger charge is 2.28. The van der Waals surface area contributed by atoms with Crippen molar-refractivity contribution >= 4 is 27.3 Å². The lowest BCUT2D eigenvalue weighted by Crippen LogP contribution is -2.40. The number of rotatable bonds is 7. The van der Waals surface area contributed by atoms with Crippen LogP contribution in [0.25, 0.3) is 0 Å². The third-order valence-electron chi connectivity index (χ3n) is 6.13. The fourth-order valence-electron chi connectivity index (χ4n) is 4.33. The van der Waals surface area contributed by atoms with Crippen molar-refractivity contribution in [3.05, 3.63) is 18.2 Å². The van der Waals surface area contributed by atoms with Crippen molar-refractivity contribution in [1.29, 1.82) is 0 Å². The number of amides is 1. The van der Waals surface area contributed by atoms with E-state index < -0.39 is 10.0 Å². The van der Waals surface area contributed by atoms with Gasteiger partial charge in [-0.2, -0.15) is 4.31 Å². The van der Waals surface area contributed by atoms with E-state index in [-0.39, 0.29) is 22.8 Å². The van der Waals surface area contributed by atoms with Crippen molar-refractivity contribution < 1.29 is 22.7 Å². The molecule has 1 saturated carbocycles. The maximum absolute atomic E-state index is 13.1. The Morgan fingerprint density at radius 3 is 2.50 bits per heavy atom. The Balaban J connectivity index is 1.56. The first-order chi connectivity index (χ1) is 14.5. The zero-order chi connectivity index (χ0) is 21.0. The van der Waals surface area contributed by atoms with Gasteiger partial charge in [0.2, 0.25) is 15.9 Å². The summed E-state index contributed by atoms with van der Waals surface area (Å²) in [6, 6.07) is 4.93. The van der Waals surface area contributed by atoms with Crippen LogP contribution in [0.2, 0.25) is 0 Å². The van der Waals surface area contributed by atoms with Gasteiger partial charge >= 0.3 is 0 Å². The quantitative estimate of drug-likeness (QED) is 0.680. The Hall–Kier alpha value is -1.68. The number of sulfonamides is 1. The molecule has 0 aromatic heterocycles. The van der Waals surface area contributed by atoms with Crippen molar-refractivity contribution in [2.75, 3.05) is 50.1 Å². The van der Waals surface area contributed by atoms with E-state index >= 15 is 0 Å². The lowest BCUT2D eigenvalue weighted by atomic mass is 10.1. The van der Waals surface area contributed by atoms with Crippen LogP contribution in [-0.4, -0.2) is 64.2 Å². The molecule has 0 spiro atoms. The van der Waals surface area contributed by atoms with E-state index in [0.29, 0.717) is 38.5 Å². The number of nitrogens with zero attached hydrogens (tertiary/aromatic N) is 1. The Morgan fingerprint density at radius 1 is 1.03 bits per heavy atom. The molecular weight excluding hydrogens is 406 g/mol. The number of carbonyl (C=O) groups is 1. The molecule has 1 aliphatic carbocycles.